The monoisotopic (exact) mass is 529 g/mol. The highest BCUT2D eigenvalue weighted by molar-refractivity contribution is 5.78. The number of imidazole rings is 1. The number of carbonyl (C=O) groups is 1. The molecular formula is C32H43N5O2. The van der Waals surface area contributed by atoms with Crippen molar-refractivity contribution >= 4 is 23.3 Å². The predicted molar refractivity (Wildman–Crippen MR) is 163 cm³/mol. The van der Waals surface area contributed by atoms with Crippen LogP contribution in [0.5, 0.6) is 0 Å². The number of amides is 1. The standard InChI is InChI=1S/C21H23N3O2.C9H14N2.C2H6/c1-15(26)16-6-4-7-17(12-16)20-19-9-2-3-11-24(19)21(22-20)18-8-5-10-23(13-18)14-25;1-10-8-4-6-9(7-5-8)11(2)3;1-2/h2-4,6-7,9,11-12,14-15,18,26H,5,8,10,13H2,1H3;4-7,10H,1-3H3;1-2H3. The molecule has 0 bridgehead atoms. The van der Waals surface area contributed by atoms with Gasteiger partial charge < -0.3 is 24.6 Å². The topological polar surface area (TPSA) is 73.1 Å². The quantitative estimate of drug-likeness (QED) is 0.291. The van der Waals surface area contributed by atoms with E-state index in [-0.39, 0.29) is 5.92 Å². The molecule has 1 aliphatic rings. The summed E-state index contributed by atoms with van der Waals surface area (Å²) in [6.07, 6.45) is 4.50. The van der Waals surface area contributed by atoms with Gasteiger partial charge >= 0.3 is 0 Å². The molecule has 1 saturated heterocycles. The maximum absolute atomic E-state index is 11.2. The lowest BCUT2D eigenvalue weighted by Gasteiger charge is -2.29. The highest BCUT2D eigenvalue weighted by Crippen LogP contribution is 2.32. The summed E-state index contributed by atoms with van der Waals surface area (Å²) in [5.41, 5.74) is 6.23. The average Bonchev–Trinajstić information content (AvgIpc) is 3.38. The Morgan fingerprint density at radius 3 is 2.46 bits per heavy atom. The molecule has 1 amide bonds. The predicted octanol–water partition coefficient (Wildman–Crippen LogP) is 6.21. The van der Waals surface area contributed by atoms with Gasteiger partial charge in [-0.05, 0) is 67.8 Å². The van der Waals surface area contributed by atoms with Crippen molar-refractivity contribution in [2.75, 3.05) is 44.4 Å². The molecule has 39 heavy (non-hydrogen) atoms. The smallest absolute Gasteiger partial charge is 0.209 e. The summed E-state index contributed by atoms with van der Waals surface area (Å²) in [5, 5.41) is 13.0. The highest BCUT2D eigenvalue weighted by atomic mass is 16.3. The van der Waals surface area contributed by atoms with Crippen LogP contribution in [0.1, 0.15) is 57.0 Å². The Bertz CT molecular complexity index is 1310. The van der Waals surface area contributed by atoms with Gasteiger partial charge in [-0.25, -0.2) is 4.98 Å². The van der Waals surface area contributed by atoms with Crippen LogP contribution in [-0.2, 0) is 4.79 Å². The van der Waals surface area contributed by atoms with E-state index in [1.807, 2.05) is 82.5 Å². The minimum atomic E-state index is -0.511. The number of nitrogens with one attached hydrogen (secondary N) is 1. The first-order chi connectivity index (χ1) is 18.9. The minimum absolute atomic E-state index is 0.234. The molecule has 3 heterocycles. The van der Waals surface area contributed by atoms with E-state index in [2.05, 4.69) is 44.9 Å². The van der Waals surface area contributed by atoms with Crippen LogP contribution < -0.4 is 10.2 Å². The molecule has 2 aromatic carbocycles. The van der Waals surface area contributed by atoms with Crippen molar-refractivity contribution in [3.05, 3.63) is 84.3 Å². The summed E-state index contributed by atoms with van der Waals surface area (Å²) in [4.78, 5) is 20.1. The van der Waals surface area contributed by atoms with E-state index in [9.17, 15) is 9.90 Å². The molecule has 5 rings (SSSR count). The first kappa shape index (κ1) is 29.7. The molecule has 1 fully saturated rings. The molecule has 7 nitrogen and oxygen atoms in total. The van der Waals surface area contributed by atoms with Gasteiger partial charge in [0.15, 0.2) is 0 Å². The van der Waals surface area contributed by atoms with E-state index in [1.54, 1.807) is 6.92 Å². The fraction of sp³-hybridized carbons (Fsp3) is 0.375. The zero-order chi connectivity index (χ0) is 28.4. The lowest BCUT2D eigenvalue weighted by molar-refractivity contribution is -0.119. The number of hydrogen-bond donors (Lipinski definition) is 2. The third kappa shape index (κ3) is 7.39. The van der Waals surface area contributed by atoms with Gasteiger partial charge in [-0.15, -0.1) is 0 Å². The number of aromatic nitrogens is 2. The van der Waals surface area contributed by atoms with Crippen molar-refractivity contribution in [3.63, 3.8) is 0 Å². The number of carbonyl (C=O) groups excluding carboxylic acids is 1. The number of fused-ring (bicyclic) bond motifs is 1. The number of likely N-dealkylation sites (tertiary alicyclic amines) is 1. The summed E-state index contributed by atoms with van der Waals surface area (Å²) >= 11 is 0. The summed E-state index contributed by atoms with van der Waals surface area (Å²) in [7, 11) is 5.99. The second-order valence-corrected chi connectivity index (χ2v) is 9.71. The van der Waals surface area contributed by atoms with Crippen molar-refractivity contribution in [1.29, 1.82) is 0 Å². The summed E-state index contributed by atoms with van der Waals surface area (Å²) < 4.78 is 2.14. The molecule has 4 aromatic rings. The first-order valence-corrected chi connectivity index (χ1v) is 13.8. The molecule has 1 aliphatic heterocycles. The zero-order valence-electron chi connectivity index (χ0n) is 24.1. The molecule has 2 atom stereocenters. The molecule has 0 saturated carbocycles. The van der Waals surface area contributed by atoms with E-state index in [4.69, 9.17) is 4.98 Å². The fourth-order valence-electron chi connectivity index (χ4n) is 4.75. The van der Waals surface area contributed by atoms with Crippen molar-refractivity contribution < 1.29 is 9.90 Å². The van der Waals surface area contributed by atoms with E-state index < -0.39 is 6.10 Å². The largest absolute Gasteiger partial charge is 0.389 e. The van der Waals surface area contributed by atoms with Crippen LogP contribution in [0, 0.1) is 0 Å². The van der Waals surface area contributed by atoms with Crippen LogP contribution in [0.3, 0.4) is 0 Å². The number of aliphatic hydroxyl groups is 1. The number of rotatable bonds is 6. The fourth-order valence-corrected chi connectivity index (χ4v) is 4.75. The van der Waals surface area contributed by atoms with Crippen molar-refractivity contribution in [2.45, 2.75) is 45.6 Å². The molecule has 0 aliphatic carbocycles. The number of pyridine rings is 1. The molecule has 0 radical (unpaired) electrons. The maximum Gasteiger partial charge on any atom is 0.209 e. The normalized spacial score (nSPS) is 15.4. The van der Waals surface area contributed by atoms with Gasteiger partial charge in [0.05, 0.1) is 17.3 Å². The lowest BCUT2D eigenvalue weighted by Crippen LogP contribution is -2.33. The van der Waals surface area contributed by atoms with E-state index >= 15 is 0 Å². The van der Waals surface area contributed by atoms with Crippen LogP contribution in [0.15, 0.2) is 72.9 Å². The Labute approximate surface area is 233 Å². The Kier molecular flexibility index (Phi) is 10.9. The highest BCUT2D eigenvalue weighted by Gasteiger charge is 2.25. The lowest BCUT2D eigenvalue weighted by atomic mass is 9.97. The molecule has 2 aromatic heterocycles. The number of anilines is 2. The summed E-state index contributed by atoms with van der Waals surface area (Å²) in [6.45, 7) is 7.31. The van der Waals surface area contributed by atoms with Crippen LogP contribution in [0.2, 0.25) is 0 Å². The number of benzene rings is 2. The second kappa shape index (κ2) is 14.4. The van der Waals surface area contributed by atoms with Crippen LogP contribution >= 0.6 is 0 Å². The zero-order valence-corrected chi connectivity index (χ0v) is 24.1. The maximum atomic E-state index is 11.2. The van der Waals surface area contributed by atoms with Crippen LogP contribution in [0.25, 0.3) is 16.8 Å². The summed E-state index contributed by atoms with van der Waals surface area (Å²) in [6, 6.07) is 22.3. The summed E-state index contributed by atoms with van der Waals surface area (Å²) in [5.74, 6) is 1.24. The number of aliphatic hydroxyl groups excluding tert-OH is 1. The van der Waals surface area contributed by atoms with E-state index in [0.717, 1.165) is 59.6 Å². The van der Waals surface area contributed by atoms with E-state index in [1.165, 1.54) is 5.69 Å². The molecule has 2 unspecified atom stereocenters. The van der Waals surface area contributed by atoms with Crippen molar-refractivity contribution in [2.24, 2.45) is 0 Å². The van der Waals surface area contributed by atoms with Gasteiger partial charge in [-0.2, -0.15) is 0 Å². The average molecular weight is 530 g/mol. The van der Waals surface area contributed by atoms with E-state index in [0.29, 0.717) is 6.54 Å². The van der Waals surface area contributed by atoms with Gasteiger partial charge in [0.2, 0.25) is 6.41 Å². The number of piperidine rings is 1. The number of nitrogens with zero attached hydrogens (tertiary/aromatic N) is 4. The molecule has 208 valence electrons. The van der Waals surface area contributed by atoms with Gasteiger partial charge in [0.1, 0.15) is 5.82 Å². The van der Waals surface area contributed by atoms with Gasteiger partial charge in [0.25, 0.3) is 0 Å². The SMILES string of the molecule is CC.CC(O)c1cccc(-c2nc(C3CCCN(C=O)C3)n3ccccc23)c1.CNc1ccc(N(C)C)cc1. The first-order valence-electron chi connectivity index (χ1n) is 13.8. The Morgan fingerprint density at radius 1 is 1.08 bits per heavy atom. The van der Waals surface area contributed by atoms with Crippen LogP contribution in [0.4, 0.5) is 11.4 Å². The molecule has 7 heteroatoms. The molecule has 2 N–H and O–H groups in total. The minimum Gasteiger partial charge on any atom is -0.389 e. The van der Waals surface area contributed by atoms with Crippen molar-refractivity contribution in [3.8, 4) is 11.3 Å². The molecule has 0 spiro atoms. The van der Waals surface area contributed by atoms with Crippen LogP contribution in [-0.4, -0.2) is 60.0 Å². The third-order valence-corrected chi connectivity index (χ3v) is 6.86. The Balaban J connectivity index is 0.000000272. The number of hydrogen-bond acceptors (Lipinski definition) is 5. The third-order valence-electron chi connectivity index (χ3n) is 6.86. The van der Waals surface area contributed by atoms with Gasteiger partial charge in [0, 0.05) is 63.3 Å². The van der Waals surface area contributed by atoms with Gasteiger partial charge in [-0.3, -0.25) is 4.79 Å². The Morgan fingerprint density at radius 2 is 1.82 bits per heavy atom. The van der Waals surface area contributed by atoms with Gasteiger partial charge in [-0.1, -0.05) is 38.1 Å². The second-order valence-electron chi connectivity index (χ2n) is 9.71. The van der Waals surface area contributed by atoms with Crippen molar-refractivity contribution in [1.82, 2.24) is 14.3 Å². The molecular weight excluding hydrogens is 486 g/mol. The Hall–Kier alpha value is -3.84.